The zero-order valence-electron chi connectivity index (χ0n) is 12.6. The Morgan fingerprint density at radius 2 is 1.96 bits per heavy atom. The molecule has 0 amide bonds. The molecule has 24 heavy (non-hydrogen) atoms. The van der Waals surface area contributed by atoms with Crippen LogP contribution in [-0.2, 0) is 33.3 Å². The van der Waals surface area contributed by atoms with Gasteiger partial charge in [0.1, 0.15) is 12.2 Å². The molecule has 0 aliphatic carbocycles. The Labute approximate surface area is 137 Å². The normalized spacial score (nSPS) is 29.1. The second-order valence-corrected chi connectivity index (χ2v) is 8.60. The minimum absolute atomic E-state index is 0.0397. The summed E-state index contributed by atoms with van der Waals surface area (Å²) >= 11 is 0. The van der Waals surface area contributed by atoms with Crippen molar-refractivity contribution in [3.05, 3.63) is 22.6 Å². The van der Waals surface area contributed by atoms with Crippen molar-refractivity contribution in [2.75, 3.05) is 19.1 Å². The van der Waals surface area contributed by atoms with Crippen LogP contribution < -0.4 is 10.3 Å². The lowest BCUT2D eigenvalue weighted by atomic mass is 10.1. The molecule has 0 radical (unpaired) electrons. The second-order valence-electron chi connectivity index (χ2n) is 5.36. The Morgan fingerprint density at radius 1 is 1.25 bits per heavy atom. The lowest BCUT2D eigenvalue weighted by molar-refractivity contribution is -0.0322. The molecule has 11 nitrogen and oxygen atoms in total. The lowest BCUT2D eigenvalue weighted by Gasteiger charge is -2.20. The molecule has 3 heterocycles. The lowest BCUT2D eigenvalue weighted by Crippen LogP contribution is -2.40. The van der Waals surface area contributed by atoms with Crippen molar-refractivity contribution in [1.82, 2.24) is 9.55 Å². The standard InChI is InChI=1S/C11H14N2O9S2/c1-23(15,16)19-5-6-8(22-24(2,17)18)9-10(20-6)13-4-3-7(14)12-11(13)21-9/h3-4,6,8-10H,5H2,1-2H3/t6-,8+,9+,10+/m0/s1. The maximum atomic E-state index is 11.5. The smallest absolute Gasteiger partial charge is 0.302 e. The van der Waals surface area contributed by atoms with Crippen LogP contribution in [0.25, 0.3) is 0 Å². The van der Waals surface area contributed by atoms with E-state index in [4.69, 9.17) is 13.7 Å². The topological polar surface area (TPSA) is 140 Å². The van der Waals surface area contributed by atoms with Crippen molar-refractivity contribution in [3.63, 3.8) is 0 Å². The van der Waals surface area contributed by atoms with Gasteiger partial charge in [-0.3, -0.25) is 17.7 Å². The molecule has 1 fully saturated rings. The van der Waals surface area contributed by atoms with Crippen LogP contribution >= 0.6 is 0 Å². The summed E-state index contributed by atoms with van der Waals surface area (Å²) in [7, 11) is -7.64. The third-order valence-electron chi connectivity index (χ3n) is 3.34. The maximum Gasteiger partial charge on any atom is 0.302 e. The van der Waals surface area contributed by atoms with E-state index < -0.39 is 56.9 Å². The van der Waals surface area contributed by atoms with Gasteiger partial charge in [-0.15, -0.1) is 0 Å². The summed E-state index contributed by atoms with van der Waals surface area (Å²) in [5, 5.41) is 0. The van der Waals surface area contributed by atoms with Crippen molar-refractivity contribution < 1.29 is 34.7 Å². The van der Waals surface area contributed by atoms with Gasteiger partial charge in [0, 0.05) is 12.3 Å². The summed E-state index contributed by atoms with van der Waals surface area (Å²) in [4.78, 5) is 14.9. The highest BCUT2D eigenvalue weighted by atomic mass is 32.2. The van der Waals surface area contributed by atoms with Crippen LogP contribution in [0.5, 0.6) is 6.01 Å². The average Bonchev–Trinajstić information content (AvgIpc) is 2.91. The maximum absolute atomic E-state index is 11.5. The van der Waals surface area contributed by atoms with Gasteiger partial charge in [0.05, 0.1) is 19.1 Å². The fourth-order valence-electron chi connectivity index (χ4n) is 2.50. The van der Waals surface area contributed by atoms with Crippen LogP contribution in [0, 0.1) is 0 Å². The molecule has 1 saturated heterocycles. The average molecular weight is 382 g/mol. The molecule has 1 aromatic rings. The highest BCUT2D eigenvalue weighted by Crippen LogP contribution is 2.40. The van der Waals surface area contributed by atoms with Crippen LogP contribution in [0.3, 0.4) is 0 Å². The molecule has 3 rings (SSSR count). The number of fused-ring (bicyclic) bond motifs is 3. The van der Waals surface area contributed by atoms with E-state index in [1.165, 1.54) is 16.8 Å². The number of aromatic nitrogens is 2. The fraction of sp³-hybridized carbons (Fsp3) is 0.636. The van der Waals surface area contributed by atoms with E-state index in [9.17, 15) is 21.6 Å². The van der Waals surface area contributed by atoms with Crippen molar-refractivity contribution >= 4 is 20.2 Å². The number of hydrogen-bond donors (Lipinski definition) is 0. The van der Waals surface area contributed by atoms with Gasteiger partial charge in [0.2, 0.25) is 0 Å². The monoisotopic (exact) mass is 382 g/mol. The zero-order valence-corrected chi connectivity index (χ0v) is 14.2. The van der Waals surface area contributed by atoms with Gasteiger partial charge in [-0.25, -0.2) is 0 Å². The Balaban J connectivity index is 1.89. The summed E-state index contributed by atoms with van der Waals surface area (Å²) in [6.45, 7) is -0.446. The molecule has 0 aromatic carbocycles. The van der Waals surface area contributed by atoms with E-state index in [0.29, 0.717) is 0 Å². The molecule has 0 saturated carbocycles. The Bertz CT molecular complexity index is 908. The van der Waals surface area contributed by atoms with Crippen molar-refractivity contribution in [1.29, 1.82) is 0 Å². The number of ether oxygens (including phenoxy) is 2. The molecule has 2 aliphatic heterocycles. The summed E-state index contributed by atoms with van der Waals surface area (Å²) in [5.41, 5.74) is -0.529. The minimum atomic E-state index is -3.88. The van der Waals surface area contributed by atoms with E-state index >= 15 is 0 Å². The highest BCUT2D eigenvalue weighted by molar-refractivity contribution is 7.86. The predicted molar refractivity (Wildman–Crippen MR) is 77.3 cm³/mol. The van der Waals surface area contributed by atoms with Crippen LogP contribution in [0.2, 0.25) is 0 Å². The molecule has 0 unspecified atom stereocenters. The Hall–Kier alpha value is -1.54. The summed E-state index contributed by atoms with van der Waals surface area (Å²) in [6, 6.07) is 1.15. The summed E-state index contributed by atoms with van der Waals surface area (Å²) in [5.74, 6) is 0. The minimum Gasteiger partial charge on any atom is -0.453 e. The van der Waals surface area contributed by atoms with Crippen LogP contribution in [0.15, 0.2) is 17.1 Å². The van der Waals surface area contributed by atoms with E-state index in [1.807, 2.05) is 0 Å². The first-order valence-electron chi connectivity index (χ1n) is 6.67. The molecule has 134 valence electrons. The van der Waals surface area contributed by atoms with Crippen molar-refractivity contribution in [3.8, 4) is 6.01 Å². The summed E-state index contributed by atoms with van der Waals surface area (Å²) in [6.07, 6.45) is -0.851. The molecule has 13 heteroatoms. The summed E-state index contributed by atoms with van der Waals surface area (Å²) < 4.78 is 67.4. The van der Waals surface area contributed by atoms with Crippen LogP contribution in [-0.4, -0.2) is 63.8 Å². The van der Waals surface area contributed by atoms with E-state index in [2.05, 4.69) is 9.17 Å². The van der Waals surface area contributed by atoms with Gasteiger partial charge in [-0.1, -0.05) is 0 Å². The third-order valence-corrected chi connectivity index (χ3v) is 4.47. The SMILES string of the molecule is CS(=O)(=O)OC[C@@H]1O[C@@H]2[C@H](Oc3nc(=O)ccn32)[C@@H]1OS(C)(=O)=O. The molecule has 0 bridgehead atoms. The molecule has 0 N–H and O–H groups in total. The number of hydrogen-bond acceptors (Lipinski definition) is 10. The molecular formula is C11H14N2O9S2. The molecular weight excluding hydrogens is 368 g/mol. The number of rotatable bonds is 5. The first-order chi connectivity index (χ1) is 11.0. The molecule has 1 aromatic heterocycles. The van der Waals surface area contributed by atoms with Crippen molar-refractivity contribution in [2.45, 2.75) is 24.5 Å². The Kier molecular flexibility index (Phi) is 4.16. The van der Waals surface area contributed by atoms with E-state index in [1.54, 1.807) is 0 Å². The van der Waals surface area contributed by atoms with Gasteiger partial charge in [-0.05, 0) is 0 Å². The predicted octanol–water partition coefficient (Wildman–Crippen LogP) is -1.78. The molecule has 4 atom stereocenters. The number of nitrogens with zero attached hydrogens (tertiary/aromatic N) is 2. The largest absolute Gasteiger partial charge is 0.453 e. The van der Waals surface area contributed by atoms with Crippen LogP contribution in [0.4, 0.5) is 0 Å². The Morgan fingerprint density at radius 3 is 2.58 bits per heavy atom. The van der Waals surface area contributed by atoms with E-state index in [0.717, 1.165) is 12.5 Å². The third kappa shape index (κ3) is 3.59. The molecule has 2 aliphatic rings. The second kappa shape index (κ2) is 5.77. The zero-order chi connectivity index (χ0) is 17.7. The van der Waals surface area contributed by atoms with Crippen molar-refractivity contribution in [2.24, 2.45) is 0 Å². The van der Waals surface area contributed by atoms with Gasteiger partial charge in [0.15, 0.2) is 12.3 Å². The van der Waals surface area contributed by atoms with Gasteiger partial charge in [0.25, 0.3) is 25.8 Å². The van der Waals surface area contributed by atoms with E-state index in [-0.39, 0.29) is 6.01 Å². The van der Waals surface area contributed by atoms with Gasteiger partial charge >= 0.3 is 6.01 Å². The first kappa shape index (κ1) is 17.3. The highest BCUT2D eigenvalue weighted by Gasteiger charge is 2.54. The van der Waals surface area contributed by atoms with Gasteiger partial charge in [-0.2, -0.15) is 21.8 Å². The molecule has 0 spiro atoms. The van der Waals surface area contributed by atoms with Crippen LogP contribution in [0.1, 0.15) is 6.23 Å². The van der Waals surface area contributed by atoms with Gasteiger partial charge < -0.3 is 9.47 Å². The quantitative estimate of drug-likeness (QED) is 0.537. The fourth-order valence-corrected chi connectivity index (χ4v) is 3.52. The first-order valence-corrected chi connectivity index (χ1v) is 10.3.